The average Bonchev–Trinajstić information content (AvgIpc) is 2.99. The molecule has 1 saturated carbocycles. The molecule has 122 valence electrons. The third-order valence-corrected chi connectivity index (χ3v) is 5.35. The van der Waals surface area contributed by atoms with E-state index in [1.807, 2.05) is 0 Å². The Morgan fingerprint density at radius 3 is 2.90 bits per heavy atom. The Kier molecular flexibility index (Phi) is 5.89. The van der Waals surface area contributed by atoms with Crippen LogP contribution in [0.2, 0.25) is 0 Å². The van der Waals surface area contributed by atoms with Crippen molar-refractivity contribution in [2.24, 2.45) is 5.92 Å². The molecule has 2 heterocycles. The number of nitrogens with one attached hydrogen (secondary N) is 2. The summed E-state index contributed by atoms with van der Waals surface area (Å²) in [6, 6.07) is 1.79. The summed E-state index contributed by atoms with van der Waals surface area (Å²) in [6.45, 7) is 10.1. The van der Waals surface area contributed by atoms with Gasteiger partial charge in [-0.25, -0.2) is 0 Å². The first kappa shape index (κ1) is 15.7. The van der Waals surface area contributed by atoms with Gasteiger partial charge < -0.3 is 20.1 Å². The number of nitrogens with zero attached hydrogens (tertiary/aromatic N) is 1. The van der Waals surface area contributed by atoms with Crippen molar-refractivity contribution in [3.63, 3.8) is 0 Å². The normalized spacial score (nSPS) is 38.7. The van der Waals surface area contributed by atoms with E-state index in [2.05, 4.69) is 22.5 Å². The largest absolute Gasteiger partial charge is 0.379 e. The van der Waals surface area contributed by atoms with E-state index in [9.17, 15) is 0 Å². The molecular formula is C16H31N3O2. The van der Waals surface area contributed by atoms with Crippen molar-refractivity contribution < 1.29 is 9.47 Å². The molecule has 4 unspecified atom stereocenters. The molecule has 5 nitrogen and oxygen atoms in total. The molecule has 0 radical (unpaired) electrons. The van der Waals surface area contributed by atoms with E-state index >= 15 is 0 Å². The number of rotatable bonds is 5. The van der Waals surface area contributed by atoms with Gasteiger partial charge in [0.25, 0.3) is 0 Å². The Labute approximate surface area is 128 Å². The van der Waals surface area contributed by atoms with Gasteiger partial charge in [0.15, 0.2) is 0 Å². The average molecular weight is 297 g/mol. The molecular weight excluding hydrogens is 266 g/mol. The number of hydrogen-bond donors (Lipinski definition) is 2. The highest BCUT2D eigenvalue weighted by Gasteiger charge is 2.34. The molecule has 0 aromatic rings. The molecule has 0 spiro atoms. The Bertz CT molecular complexity index is 310. The van der Waals surface area contributed by atoms with Crippen molar-refractivity contribution in [2.75, 3.05) is 52.6 Å². The second-order valence-corrected chi connectivity index (χ2v) is 6.75. The lowest BCUT2D eigenvalue weighted by Gasteiger charge is -2.35. The Balaban J connectivity index is 1.41. The summed E-state index contributed by atoms with van der Waals surface area (Å²) in [5, 5.41) is 7.46. The van der Waals surface area contributed by atoms with Crippen LogP contribution in [0.3, 0.4) is 0 Å². The SMILES string of the molecule is CC1COCCN1CCNC1CCCC1C1COCCN1. The number of morpholine rings is 2. The maximum absolute atomic E-state index is 5.64. The van der Waals surface area contributed by atoms with Crippen LogP contribution in [0.5, 0.6) is 0 Å². The lowest BCUT2D eigenvalue weighted by Crippen LogP contribution is -2.52. The molecule has 3 aliphatic rings. The molecule has 0 bridgehead atoms. The summed E-state index contributed by atoms with van der Waals surface area (Å²) in [6.07, 6.45) is 4.02. The molecule has 2 N–H and O–H groups in total. The van der Waals surface area contributed by atoms with Gasteiger partial charge in [-0.1, -0.05) is 6.42 Å². The minimum atomic E-state index is 0.557. The van der Waals surface area contributed by atoms with Gasteiger partial charge in [-0.2, -0.15) is 0 Å². The summed E-state index contributed by atoms with van der Waals surface area (Å²) >= 11 is 0. The van der Waals surface area contributed by atoms with Gasteiger partial charge in [0.05, 0.1) is 26.4 Å². The van der Waals surface area contributed by atoms with Crippen molar-refractivity contribution in [2.45, 2.75) is 44.3 Å². The van der Waals surface area contributed by atoms with Gasteiger partial charge in [0.1, 0.15) is 0 Å². The van der Waals surface area contributed by atoms with E-state index in [1.165, 1.54) is 19.3 Å². The summed E-state index contributed by atoms with van der Waals surface area (Å²) in [5.74, 6) is 0.743. The van der Waals surface area contributed by atoms with E-state index in [0.717, 1.165) is 58.5 Å². The predicted molar refractivity (Wildman–Crippen MR) is 83.6 cm³/mol. The van der Waals surface area contributed by atoms with Crippen LogP contribution < -0.4 is 10.6 Å². The minimum Gasteiger partial charge on any atom is -0.379 e. The summed E-state index contributed by atoms with van der Waals surface area (Å²) < 4.78 is 11.1. The zero-order chi connectivity index (χ0) is 14.5. The van der Waals surface area contributed by atoms with Crippen LogP contribution in [-0.2, 0) is 9.47 Å². The smallest absolute Gasteiger partial charge is 0.0623 e. The fourth-order valence-electron chi connectivity index (χ4n) is 4.07. The highest BCUT2D eigenvalue weighted by atomic mass is 16.5. The zero-order valence-corrected chi connectivity index (χ0v) is 13.4. The van der Waals surface area contributed by atoms with Gasteiger partial charge in [-0.05, 0) is 25.7 Å². The Morgan fingerprint density at radius 1 is 1.19 bits per heavy atom. The standard InChI is InChI=1S/C16H31N3O2/c1-13-11-21-10-8-19(13)7-5-17-15-4-2-3-14(15)16-12-20-9-6-18-16/h13-18H,2-12H2,1H3. The molecule has 3 fully saturated rings. The molecule has 2 aliphatic heterocycles. The fourth-order valence-corrected chi connectivity index (χ4v) is 4.07. The topological polar surface area (TPSA) is 45.8 Å². The summed E-state index contributed by atoms with van der Waals surface area (Å²) in [5.41, 5.74) is 0. The van der Waals surface area contributed by atoms with E-state index in [0.29, 0.717) is 18.1 Å². The first-order chi connectivity index (χ1) is 10.3. The van der Waals surface area contributed by atoms with Crippen molar-refractivity contribution in [1.82, 2.24) is 15.5 Å². The first-order valence-corrected chi connectivity index (χ1v) is 8.71. The predicted octanol–water partition coefficient (Wildman–Crippen LogP) is 0.454. The van der Waals surface area contributed by atoms with E-state index < -0.39 is 0 Å². The molecule has 5 heteroatoms. The molecule has 1 aliphatic carbocycles. The quantitative estimate of drug-likeness (QED) is 0.772. The lowest BCUT2D eigenvalue weighted by molar-refractivity contribution is -0.000283. The van der Waals surface area contributed by atoms with E-state index in [1.54, 1.807) is 0 Å². The van der Waals surface area contributed by atoms with Crippen LogP contribution in [0.25, 0.3) is 0 Å². The highest BCUT2D eigenvalue weighted by Crippen LogP contribution is 2.29. The van der Waals surface area contributed by atoms with Gasteiger partial charge in [-0.15, -0.1) is 0 Å². The second-order valence-electron chi connectivity index (χ2n) is 6.75. The minimum absolute atomic E-state index is 0.557. The van der Waals surface area contributed by atoms with Crippen molar-refractivity contribution in [3.05, 3.63) is 0 Å². The van der Waals surface area contributed by atoms with Gasteiger partial charge >= 0.3 is 0 Å². The second kappa shape index (κ2) is 7.88. The van der Waals surface area contributed by atoms with Crippen LogP contribution in [0.1, 0.15) is 26.2 Å². The van der Waals surface area contributed by atoms with E-state index in [-0.39, 0.29) is 0 Å². The number of hydrogen-bond acceptors (Lipinski definition) is 5. The molecule has 0 aromatic carbocycles. The Morgan fingerprint density at radius 2 is 2.10 bits per heavy atom. The summed E-state index contributed by atoms with van der Waals surface area (Å²) in [7, 11) is 0. The molecule has 4 atom stereocenters. The fraction of sp³-hybridized carbons (Fsp3) is 1.00. The third kappa shape index (κ3) is 4.17. The van der Waals surface area contributed by atoms with Crippen molar-refractivity contribution in [1.29, 1.82) is 0 Å². The van der Waals surface area contributed by atoms with Gasteiger partial charge in [0.2, 0.25) is 0 Å². The molecule has 21 heavy (non-hydrogen) atoms. The van der Waals surface area contributed by atoms with Crippen LogP contribution in [0, 0.1) is 5.92 Å². The lowest BCUT2D eigenvalue weighted by atomic mass is 9.94. The first-order valence-electron chi connectivity index (χ1n) is 8.71. The van der Waals surface area contributed by atoms with Gasteiger partial charge in [0, 0.05) is 44.3 Å². The maximum Gasteiger partial charge on any atom is 0.0623 e. The van der Waals surface area contributed by atoms with Crippen LogP contribution in [0.15, 0.2) is 0 Å². The summed E-state index contributed by atoms with van der Waals surface area (Å²) in [4.78, 5) is 2.54. The van der Waals surface area contributed by atoms with Crippen LogP contribution >= 0.6 is 0 Å². The third-order valence-electron chi connectivity index (χ3n) is 5.35. The monoisotopic (exact) mass is 297 g/mol. The van der Waals surface area contributed by atoms with Crippen molar-refractivity contribution in [3.8, 4) is 0 Å². The molecule has 2 saturated heterocycles. The van der Waals surface area contributed by atoms with Gasteiger partial charge in [-0.3, -0.25) is 4.90 Å². The maximum atomic E-state index is 5.64. The molecule has 3 rings (SSSR count). The van der Waals surface area contributed by atoms with Crippen LogP contribution in [0.4, 0.5) is 0 Å². The molecule has 0 aromatic heterocycles. The molecule has 0 amide bonds. The van der Waals surface area contributed by atoms with E-state index in [4.69, 9.17) is 9.47 Å². The van der Waals surface area contributed by atoms with Crippen LogP contribution in [-0.4, -0.2) is 75.6 Å². The van der Waals surface area contributed by atoms with Crippen molar-refractivity contribution >= 4 is 0 Å². The highest BCUT2D eigenvalue weighted by molar-refractivity contribution is 4.92. The number of ether oxygens (including phenoxy) is 2. The zero-order valence-electron chi connectivity index (χ0n) is 13.4. The Hall–Kier alpha value is -0.200.